The van der Waals surface area contributed by atoms with Crippen LogP contribution in [0, 0.1) is 0 Å². The molecule has 0 saturated carbocycles. The van der Waals surface area contributed by atoms with Crippen molar-refractivity contribution in [3.05, 3.63) is 0 Å². The van der Waals surface area contributed by atoms with Crippen molar-refractivity contribution < 1.29 is 27.8 Å². The fourth-order valence-electron chi connectivity index (χ4n) is 2.24. The average Bonchev–Trinajstić information content (AvgIpc) is 2.72. The highest BCUT2D eigenvalue weighted by molar-refractivity contribution is 7.91. The van der Waals surface area contributed by atoms with Crippen molar-refractivity contribution in [2.45, 2.75) is 18.9 Å². The zero-order valence-electron chi connectivity index (χ0n) is 11.8. The SMILES string of the molecule is COCCOCCCN(CC(=O)O)C1CCS(=O)(=O)C1. The first-order valence-electron chi connectivity index (χ1n) is 6.67. The van der Waals surface area contributed by atoms with Crippen LogP contribution in [0.3, 0.4) is 0 Å². The lowest BCUT2D eigenvalue weighted by molar-refractivity contribution is -0.138. The first-order valence-corrected chi connectivity index (χ1v) is 8.49. The van der Waals surface area contributed by atoms with Crippen LogP contribution in [0.25, 0.3) is 0 Å². The van der Waals surface area contributed by atoms with E-state index < -0.39 is 15.8 Å². The summed E-state index contributed by atoms with van der Waals surface area (Å²) in [6.07, 6.45) is 1.19. The second-order valence-corrected chi connectivity index (χ2v) is 7.11. The Hall–Kier alpha value is -0.700. The second-order valence-electron chi connectivity index (χ2n) is 4.88. The van der Waals surface area contributed by atoms with Gasteiger partial charge < -0.3 is 14.6 Å². The van der Waals surface area contributed by atoms with Crippen molar-refractivity contribution >= 4 is 15.8 Å². The number of ether oxygens (including phenoxy) is 2. The fraction of sp³-hybridized carbons (Fsp3) is 0.917. The molecule has 0 aromatic carbocycles. The van der Waals surface area contributed by atoms with Crippen LogP contribution in [0.15, 0.2) is 0 Å². The van der Waals surface area contributed by atoms with E-state index in [9.17, 15) is 13.2 Å². The van der Waals surface area contributed by atoms with E-state index in [0.717, 1.165) is 0 Å². The molecule has 1 N–H and O–H groups in total. The predicted molar refractivity (Wildman–Crippen MR) is 73.6 cm³/mol. The second kappa shape index (κ2) is 8.56. The molecule has 8 heteroatoms. The van der Waals surface area contributed by atoms with Gasteiger partial charge in [0.05, 0.1) is 31.3 Å². The highest BCUT2D eigenvalue weighted by Gasteiger charge is 2.32. The van der Waals surface area contributed by atoms with Gasteiger partial charge in [0.2, 0.25) is 0 Å². The van der Waals surface area contributed by atoms with Crippen LogP contribution in [-0.4, -0.2) is 82.0 Å². The van der Waals surface area contributed by atoms with Crippen molar-refractivity contribution in [3.63, 3.8) is 0 Å². The first-order chi connectivity index (χ1) is 9.44. The van der Waals surface area contributed by atoms with Crippen molar-refractivity contribution in [1.29, 1.82) is 0 Å². The number of aliphatic carboxylic acids is 1. The standard InChI is InChI=1S/C12H23NO6S/c1-18-6-7-19-5-2-4-13(9-12(14)15)11-3-8-20(16,17)10-11/h11H,2-10H2,1H3,(H,14,15). The number of nitrogens with zero attached hydrogens (tertiary/aromatic N) is 1. The Morgan fingerprint density at radius 1 is 1.35 bits per heavy atom. The molecule has 1 aliphatic heterocycles. The summed E-state index contributed by atoms with van der Waals surface area (Å²) in [5.41, 5.74) is 0. The Balaban J connectivity index is 2.35. The molecule has 0 radical (unpaired) electrons. The van der Waals surface area contributed by atoms with Crippen molar-refractivity contribution in [2.24, 2.45) is 0 Å². The van der Waals surface area contributed by atoms with Crippen LogP contribution in [0.2, 0.25) is 0 Å². The summed E-state index contributed by atoms with van der Waals surface area (Å²) in [4.78, 5) is 12.6. The van der Waals surface area contributed by atoms with E-state index in [1.165, 1.54) is 0 Å². The maximum atomic E-state index is 11.5. The van der Waals surface area contributed by atoms with E-state index in [-0.39, 0.29) is 24.1 Å². The largest absolute Gasteiger partial charge is 0.480 e. The Morgan fingerprint density at radius 2 is 2.10 bits per heavy atom. The highest BCUT2D eigenvalue weighted by Crippen LogP contribution is 2.17. The molecule has 1 aliphatic rings. The Morgan fingerprint density at radius 3 is 2.65 bits per heavy atom. The number of hydrogen-bond donors (Lipinski definition) is 1. The minimum atomic E-state index is -3.00. The van der Waals surface area contributed by atoms with E-state index in [1.807, 2.05) is 0 Å². The highest BCUT2D eigenvalue weighted by atomic mass is 32.2. The molecule has 0 bridgehead atoms. The molecule has 1 unspecified atom stereocenters. The normalized spacial score (nSPS) is 21.4. The molecule has 0 aromatic heterocycles. The third-order valence-corrected chi connectivity index (χ3v) is 4.98. The molecule has 1 saturated heterocycles. The Labute approximate surface area is 119 Å². The summed E-state index contributed by atoms with van der Waals surface area (Å²) in [7, 11) is -1.41. The number of sulfone groups is 1. The van der Waals surface area contributed by atoms with E-state index >= 15 is 0 Å². The predicted octanol–water partition coefficient (Wildman–Crippen LogP) is -0.387. The van der Waals surface area contributed by atoms with Gasteiger partial charge in [-0.05, 0) is 12.8 Å². The zero-order valence-corrected chi connectivity index (χ0v) is 12.6. The van der Waals surface area contributed by atoms with Crippen LogP contribution in [0.1, 0.15) is 12.8 Å². The Kier molecular flexibility index (Phi) is 7.42. The van der Waals surface area contributed by atoms with Gasteiger partial charge in [-0.15, -0.1) is 0 Å². The van der Waals surface area contributed by atoms with Crippen molar-refractivity contribution in [1.82, 2.24) is 4.90 Å². The van der Waals surface area contributed by atoms with Crippen LogP contribution in [-0.2, 0) is 24.1 Å². The van der Waals surface area contributed by atoms with Gasteiger partial charge in [-0.2, -0.15) is 0 Å². The van der Waals surface area contributed by atoms with Gasteiger partial charge in [-0.25, -0.2) is 8.42 Å². The monoisotopic (exact) mass is 309 g/mol. The average molecular weight is 309 g/mol. The topological polar surface area (TPSA) is 93.1 Å². The minimum absolute atomic E-state index is 0.0603. The van der Waals surface area contributed by atoms with Crippen LogP contribution in [0.4, 0.5) is 0 Å². The number of methoxy groups -OCH3 is 1. The number of hydrogen-bond acceptors (Lipinski definition) is 6. The molecule has 1 atom stereocenters. The summed E-state index contributed by atoms with van der Waals surface area (Å²) in [5.74, 6) is -0.724. The summed E-state index contributed by atoms with van der Waals surface area (Å²) in [6, 6.07) is -0.185. The smallest absolute Gasteiger partial charge is 0.317 e. The van der Waals surface area contributed by atoms with Crippen LogP contribution >= 0.6 is 0 Å². The van der Waals surface area contributed by atoms with Gasteiger partial charge in [-0.1, -0.05) is 0 Å². The van der Waals surface area contributed by atoms with Crippen molar-refractivity contribution in [3.8, 4) is 0 Å². The molecule has 0 aromatic rings. The quantitative estimate of drug-likeness (QED) is 0.549. The molecule has 20 heavy (non-hydrogen) atoms. The number of carboxylic acids is 1. The third-order valence-electron chi connectivity index (χ3n) is 3.23. The van der Waals surface area contributed by atoms with E-state index in [1.54, 1.807) is 12.0 Å². The van der Waals surface area contributed by atoms with E-state index in [0.29, 0.717) is 39.2 Å². The third kappa shape index (κ3) is 6.65. The molecule has 7 nitrogen and oxygen atoms in total. The maximum Gasteiger partial charge on any atom is 0.317 e. The molecule has 0 spiro atoms. The van der Waals surface area contributed by atoms with E-state index in [4.69, 9.17) is 14.6 Å². The maximum absolute atomic E-state index is 11.5. The van der Waals surface area contributed by atoms with Crippen LogP contribution in [0.5, 0.6) is 0 Å². The van der Waals surface area contributed by atoms with Gasteiger partial charge in [0.1, 0.15) is 0 Å². The van der Waals surface area contributed by atoms with Crippen molar-refractivity contribution in [2.75, 3.05) is 51.5 Å². The lowest BCUT2D eigenvalue weighted by Gasteiger charge is -2.26. The fourth-order valence-corrected chi connectivity index (χ4v) is 4.00. The molecular formula is C12H23NO6S. The summed E-state index contributed by atoms with van der Waals surface area (Å²) in [5, 5.41) is 8.91. The van der Waals surface area contributed by atoms with Crippen LogP contribution < -0.4 is 0 Å². The lowest BCUT2D eigenvalue weighted by Crippen LogP contribution is -2.40. The van der Waals surface area contributed by atoms with Gasteiger partial charge in [-0.3, -0.25) is 9.69 Å². The lowest BCUT2D eigenvalue weighted by atomic mass is 10.2. The zero-order chi connectivity index (χ0) is 15.0. The molecule has 0 amide bonds. The van der Waals surface area contributed by atoms with Gasteiger partial charge in [0, 0.05) is 26.3 Å². The van der Waals surface area contributed by atoms with E-state index in [2.05, 4.69) is 0 Å². The summed E-state index contributed by atoms with van der Waals surface area (Å²) in [6.45, 7) is 1.95. The number of carboxylic acid groups (broad SMARTS) is 1. The van der Waals surface area contributed by atoms with Gasteiger partial charge in [0.25, 0.3) is 0 Å². The molecule has 0 aliphatic carbocycles. The summed E-state index contributed by atoms with van der Waals surface area (Å²) >= 11 is 0. The minimum Gasteiger partial charge on any atom is -0.480 e. The number of carbonyl (C=O) groups is 1. The molecule has 1 rings (SSSR count). The summed E-state index contributed by atoms with van der Waals surface area (Å²) < 4.78 is 33.1. The first kappa shape index (κ1) is 17.4. The molecule has 1 heterocycles. The van der Waals surface area contributed by atoms with Gasteiger partial charge >= 0.3 is 5.97 Å². The molecule has 1 fully saturated rings. The number of rotatable bonds is 10. The Bertz CT molecular complexity index is 397. The molecular weight excluding hydrogens is 286 g/mol. The molecule has 118 valence electrons. The van der Waals surface area contributed by atoms with Gasteiger partial charge in [0.15, 0.2) is 9.84 Å².